The first-order chi connectivity index (χ1) is 17.3. The molecule has 7 aromatic rings. The molecule has 0 aliphatic rings. The van der Waals surface area contributed by atoms with Gasteiger partial charge in [-0.1, -0.05) is 78.9 Å². The van der Waals surface area contributed by atoms with Gasteiger partial charge in [0, 0.05) is 39.7 Å². The second-order valence-corrected chi connectivity index (χ2v) is 8.46. The first-order valence-electron chi connectivity index (χ1n) is 11.5. The van der Waals surface area contributed by atoms with Crippen LogP contribution in [0.5, 0.6) is 0 Å². The minimum atomic E-state index is 0.595. The Labute approximate surface area is 201 Å². The monoisotopic (exact) mass is 449 g/mol. The molecule has 164 valence electrons. The molecule has 0 unspecified atom stereocenters. The van der Waals surface area contributed by atoms with E-state index in [2.05, 4.69) is 45.9 Å². The van der Waals surface area contributed by atoms with Crippen molar-refractivity contribution in [1.29, 1.82) is 0 Å². The number of para-hydroxylation sites is 1. The van der Waals surface area contributed by atoms with Crippen LogP contribution in [0.1, 0.15) is 0 Å². The molecule has 0 saturated heterocycles. The fourth-order valence-corrected chi connectivity index (χ4v) is 4.66. The number of benzene rings is 4. The Hall–Kier alpha value is -4.90. The molecule has 0 N–H and O–H groups in total. The summed E-state index contributed by atoms with van der Waals surface area (Å²) < 4.78 is 2.14. The van der Waals surface area contributed by atoms with Crippen molar-refractivity contribution >= 4 is 32.6 Å². The fourth-order valence-electron chi connectivity index (χ4n) is 4.66. The summed E-state index contributed by atoms with van der Waals surface area (Å²) in [5.41, 5.74) is 4.00. The maximum atomic E-state index is 4.98. The largest absolute Gasteiger partial charge is 0.278 e. The van der Waals surface area contributed by atoms with Crippen LogP contribution in [0.15, 0.2) is 116 Å². The van der Waals surface area contributed by atoms with Crippen molar-refractivity contribution in [2.75, 3.05) is 0 Å². The number of nitrogens with zero attached hydrogens (tertiary/aromatic N) is 5. The Kier molecular flexibility index (Phi) is 4.39. The number of fused-ring (bicyclic) bond motifs is 4. The summed E-state index contributed by atoms with van der Waals surface area (Å²) >= 11 is 0. The van der Waals surface area contributed by atoms with Crippen LogP contribution in [0, 0.1) is 0 Å². The maximum absolute atomic E-state index is 4.98. The van der Waals surface area contributed by atoms with Gasteiger partial charge < -0.3 is 0 Å². The summed E-state index contributed by atoms with van der Waals surface area (Å²) in [5.74, 6) is 1.88. The second-order valence-electron chi connectivity index (χ2n) is 8.46. The van der Waals surface area contributed by atoms with Gasteiger partial charge in [-0.05, 0) is 29.7 Å². The van der Waals surface area contributed by atoms with E-state index in [1.54, 1.807) is 0 Å². The predicted octanol–water partition coefficient (Wildman–Crippen LogP) is 6.85. The summed E-state index contributed by atoms with van der Waals surface area (Å²) in [7, 11) is 0. The van der Waals surface area contributed by atoms with Crippen LogP contribution in [0.25, 0.3) is 61.3 Å². The molecule has 0 aliphatic heterocycles. The van der Waals surface area contributed by atoms with E-state index in [0.717, 1.165) is 43.7 Å². The van der Waals surface area contributed by atoms with Crippen molar-refractivity contribution in [3.05, 3.63) is 116 Å². The van der Waals surface area contributed by atoms with E-state index in [4.69, 9.17) is 15.0 Å². The molecule has 3 aromatic heterocycles. The van der Waals surface area contributed by atoms with Crippen LogP contribution < -0.4 is 0 Å². The average molecular weight is 450 g/mol. The Balaban J connectivity index is 1.59. The standard InChI is InChI=1S/C30H19N5/c1-3-9-20(10-4-1)28-32-29(21-11-5-2-6-12-21)34-30(33-28)35-26-14-8-7-13-24(26)25-17-23-19-31-16-15-22(23)18-27(25)35/h1-19H. The zero-order valence-corrected chi connectivity index (χ0v) is 18.7. The third kappa shape index (κ3) is 3.25. The first-order valence-corrected chi connectivity index (χ1v) is 11.5. The molecule has 0 saturated carbocycles. The van der Waals surface area contributed by atoms with Crippen LogP contribution in [0.2, 0.25) is 0 Å². The summed E-state index contributed by atoms with van der Waals surface area (Å²) in [6.45, 7) is 0. The van der Waals surface area contributed by atoms with E-state index in [9.17, 15) is 0 Å². The lowest BCUT2D eigenvalue weighted by Gasteiger charge is -2.11. The highest BCUT2D eigenvalue weighted by atomic mass is 15.2. The van der Waals surface area contributed by atoms with E-state index in [-0.39, 0.29) is 0 Å². The van der Waals surface area contributed by atoms with E-state index >= 15 is 0 Å². The van der Waals surface area contributed by atoms with Crippen molar-refractivity contribution in [3.8, 4) is 28.7 Å². The van der Waals surface area contributed by atoms with Crippen LogP contribution in [-0.4, -0.2) is 24.5 Å². The van der Waals surface area contributed by atoms with E-state index < -0.39 is 0 Å². The summed E-state index contributed by atoms with van der Waals surface area (Å²) in [5, 5.41) is 4.52. The Morgan fingerprint density at radius 1 is 0.514 bits per heavy atom. The van der Waals surface area contributed by atoms with Crippen LogP contribution in [-0.2, 0) is 0 Å². The predicted molar refractivity (Wildman–Crippen MR) is 140 cm³/mol. The van der Waals surface area contributed by atoms with E-state index in [0.29, 0.717) is 17.6 Å². The van der Waals surface area contributed by atoms with Gasteiger partial charge in [0.05, 0.1) is 11.0 Å². The lowest BCUT2D eigenvalue weighted by atomic mass is 10.1. The molecule has 0 fully saturated rings. The normalized spacial score (nSPS) is 11.4. The fraction of sp³-hybridized carbons (Fsp3) is 0. The molecule has 0 amide bonds. The van der Waals surface area contributed by atoms with Gasteiger partial charge in [0.2, 0.25) is 5.95 Å². The molecule has 0 bridgehead atoms. The lowest BCUT2D eigenvalue weighted by molar-refractivity contribution is 0.954. The number of hydrogen-bond acceptors (Lipinski definition) is 4. The molecule has 5 heteroatoms. The Morgan fingerprint density at radius 3 is 1.89 bits per heavy atom. The van der Waals surface area contributed by atoms with Gasteiger partial charge in [-0.2, -0.15) is 9.97 Å². The number of aromatic nitrogens is 5. The molecule has 4 aromatic carbocycles. The smallest absolute Gasteiger partial charge is 0.238 e. The summed E-state index contributed by atoms with van der Waals surface area (Å²) in [6.07, 6.45) is 3.73. The molecule has 0 spiro atoms. The SMILES string of the molecule is c1ccc(-c2nc(-c3ccccc3)nc(-n3c4ccccc4c4cc5cnccc5cc43)n2)cc1. The van der Waals surface area contributed by atoms with E-state index in [1.165, 1.54) is 0 Å². The van der Waals surface area contributed by atoms with Gasteiger partial charge >= 0.3 is 0 Å². The number of hydrogen-bond donors (Lipinski definition) is 0. The van der Waals surface area contributed by atoms with Gasteiger partial charge in [-0.25, -0.2) is 4.98 Å². The van der Waals surface area contributed by atoms with Gasteiger partial charge in [-0.15, -0.1) is 0 Å². The number of pyridine rings is 1. The highest BCUT2D eigenvalue weighted by molar-refractivity contribution is 6.13. The molecular formula is C30H19N5. The van der Waals surface area contributed by atoms with Crippen molar-refractivity contribution in [1.82, 2.24) is 24.5 Å². The van der Waals surface area contributed by atoms with Gasteiger partial charge in [0.1, 0.15) is 0 Å². The third-order valence-corrected chi connectivity index (χ3v) is 6.32. The lowest BCUT2D eigenvalue weighted by Crippen LogP contribution is -2.06. The van der Waals surface area contributed by atoms with Crippen molar-refractivity contribution in [2.24, 2.45) is 0 Å². The zero-order valence-electron chi connectivity index (χ0n) is 18.7. The highest BCUT2D eigenvalue weighted by Gasteiger charge is 2.18. The Morgan fingerprint density at radius 2 is 1.17 bits per heavy atom. The molecule has 0 radical (unpaired) electrons. The maximum Gasteiger partial charge on any atom is 0.238 e. The third-order valence-electron chi connectivity index (χ3n) is 6.32. The van der Waals surface area contributed by atoms with Crippen LogP contribution in [0.3, 0.4) is 0 Å². The summed E-state index contributed by atoms with van der Waals surface area (Å²) in [4.78, 5) is 19.1. The topological polar surface area (TPSA) is 56.5 Å². The van der Waals surface area contributed by atoms with E-state index in [1.807, 2.05) is 79.1 Å². The van der Waals surface area contributed by atoms with Crippen LogP contribution >= 0.6 is 0 Å². The first kappa shape index (κ1) is 19.6. The van der Waals surface area contributed by atoms with Crippen LogP contribution in [0.4, 0.5) is 0 Å². The van der Waals surface area contributed by atoms with Gasteiger partial charge in [-0.3, -0.25) is 9.55 Å². The van der Waals surface area contributed by atoms with Crippen molar-refractivity contribution < 1.29 is 0 Å². The minimum Gasteiger partial charge on any atom is -0.278 e. The molecule has 3 heterocycles. The van der Waals surface area contributed by atoms with Gasteiger partial charge in [0.25, 0.3) is 0 Å². The molecule has 7 rings (SSSR count). The van der Waals surface area contributed by atoms with Crippen molar-refractivity contribution in [2.45, 2.75) is 0 Å². The molecule has 5 nitrogen and oxygen atoms in total. The number of rotatable bonds is 3. The average Bonchev–Trinajstić information content (AvgIpc) is 3.26. The van der Waals surface area contributed by atoms with Crippen molar-refractivity contribution in [3.63, 3.8) is 0 Å². The molecule has 0 atom stereocenters. The quantitative estimate of drug-likeness (QED) is 0.296. The van der Waals surface area contributed by atoms with Gasteiger partial charge in [0.15, 0.2) is 11.6 Å². The molecular weight excluding hydrogens is 430 g/mol. The highest BCUT2D eigenvalue weighted by Crippen LogP contribution is 2.34. The second kappa shape index (κ2) is 7.85. The Bertz CT molecular complexity index is 1780. The molecule has 0 aliphatic carbocycles. The minimum absolute atomic E-state index is 0.595. The molecule has 35 heavy (non-hydrogen) atoms. The summed E-state index contributed by atoms with van der Waals surface area (Å²) in [6, 6.07) is 34.9. The zero-order chi connectivity index (χ0) is 23.2.